The van der Waals surface area contributed by atoms with E-state index in [9.17, 15) is 4.79 Å². The Kier molecular flexibility index (Phi) is 4.77. The molecule has 0 bridgehead atoms. The third-order valence-electron chi connectivity index (χ3n) is 3.27. The van der Waals surface area contributed by atoms with Crippen molar-refractivity contribution in [2.24, 2.45) is 0 Å². The van der Waals surface area contributed by atoms with Crippen molar-refractivity contribution in [1.29, 1.82) is 0 Å². The number of benzene rings is 2. The lowest BCUT2D eigenvalue weighted by Crippen LogP contribution is -2.10. The second kappa shape index (κ2) is 6.75. The Hall–Kier alpha value is -2.55. The Morgan fingerprint density at radius 3 is 2.24 bits per heavy atom. The van der Waals surface area contributed by atoms with Gasteiger partial charge in [-0.1, -0.05) is 30.3 Å². The zero-order chi connectivity index (χ0) is 15.2. The van der Waals surface area contributed by atoms with Crippen molar-refractivity contribution >= 4 is 17.7 Å². The van der Waals surface area contributed by atoms with Gasteiger partial charge in [-0.25, -0.2) is 0 Å². The fraction of sp³-hybridized carbons (Fsp3) is 0.167. The van der Waals surface area contributed by atoms with Crippen LogP contribution in [0.5, 0.6) is 5.75 Å². The standard InChI is InChI=1S/C18H19NO2/c1-13-5-4-6-14(2)18(13)19-17(20)12-9-15-7-10-16(21-3)11-8-15/h4-12H,1-3H3,(H,19,20)/b12-9+. The second-order valence-corrected chi connectivity index (χ2v) is 4.86. The van der Waals surface area contributed by atoms with E-state index in [4.69, 9.17) is 4.74 Å². The molecule has 0 saturated carbocycles. The van der Waals surface area contributed by atoms with E-state index >= 15 is 0 Å². The van der Waals surface area contributed by atoms with Crippen molar-refractivity contribution in [2.75, 3.05) is 12.4 Å². The molecular weight excluding hydrogens is 262 g/mol. The van der Waals surface area contributed by atoms with Gasteiger partial charge in [-0.05, 0) is 48.7 Å². The molecule has 0 aromatic heterocycles. The van der Waals surface area contributed by atoms with Crippen LogP contribution in [0.3, 0.4) is 0 Å². The minimum atomic E-state index is -0.136. The van der Waals surface area contributed by atoms with E-state index in [1.165, 1.54) is 6.08 Å². The number of carbonyl (C=O) groups excluding carboxylic acids is 1. The molecule has 0 aliphatic rings. The van der Waals surface area contributed by atoms with Crippen LogP contribution in [-0.2, 0) is 4.79 Å². The number of para-hydroxylation sites is 1. The van der Waals surface area contributed by atoms with E-state index in [0.29, 0.717) is 0 Å². The molecule has 0 spiro atoms. The van der Waals surface area contributed by atoms with Crippen molar-refractivity contribution in [3.05, 3.63) is 65.2 Å². The lowest BCUT2D eigenvalue weighted by atomic mass is 10.1. The molecule has 0 unspecified atom stereocenters. The van der Waals surface area contributed by atoms with Gasteiger partial charge in [-0.3, -0.25) is 4.79 Å². The SMILES string of the molecule is COc1ccc(/C=C/C(=O)Nc2c(C)cccc2C)cc1. The lowest BCUT2D eigenvalue weighted by molar-refractivity contribution is -0.111. The van der Waals surface area contributed by atoms with E-state index in [1.807, 2.05) is 56.3 Å². The highest BCUT2D eigenvalue weighted by Gasteiger charge is 2.04. The van der Waals surface area contributed by atoms with Gasteiger partial charge in [0.15, 0.2) is 0 Å². The first kappa shape index (κ1) is 14.9. The Morgan fingerprint density at radius 1 is 1.05 bits per heavy atom. The van der Waals surface area contributed by atoms with Gasteiger partial charge >= 0.3 is 0 Å². The predicted octanol–water partition coefficient (Wildman–Crippen LogP) is 3.96. The molecule has 0 aliphatic heterocycles. The number of anilines is 1. The number of methoxy groups -OCH3 is 1. The highest BCUT2D eigenvalue weighted by atomic mass is 16.5. The molecule has 108 valence electrons. The first-order valence-electron chi connectivity index (χ1n) is 6.79. The predicted molar refractivity (Wildman–Crippen MR) is 86.6 cm³/mol. The summed E-state index contributed by atoms with van der Waals surface area (Å²) >= 11 is 0. The van der Waals surface area contributed by atoms with Gasteiger partial charge in [0.05, 0.1) is 7.11 Å². The monoisotopic (exact) mass is 281 g/mol. The third kappa shape index (κ3) is 3.96. The summed E-state index contributed by atoms with van der Waals surface area (Å²) in [7, 11) is 1.63. The van der Waals surface area contributed by atoms with E-state index < -0.39 is 0 Å². The van der Waals surface area contributed by atoms with Crippen LogP contribution in [0, 0.1) is 13.8 Å². The zero-order valence-electron chi connectivity index (χ0n) is 12.5. The molecule has 21 heavy (non-hydrogen) atoms. The van der Waals surface area contributed by atoms with Crippen LogP contribution in [0.4, 0.5) is 5.69 Å². The van der Waals surface area contributed by atoms with Crippen molar-refractivity contribution < 1.29 is 9.53 Å². The maximum Gasteiger partial charge on any atom is 0.248 e. The molecule has 0 saturated heterocycles. The number of hydrogen-bond acceptors (Lipinski definition) is 2. The van der Waals surface area contributed by atoms with Crippen LogP contribution in [-0.4, -0.2) is 13.0 Å². The summed E-state index contributed by atoms with van der Waals surface area (Å²) in [6.07, 6.45) is 3.32. The molecule has 3 heteroatoms. The Morgan fingerprint density at radius 2 is 1.67 bits per heavy atom. The summed E-state index contributed by atoms with van der Waals surface area (Å²) in [6, 6.07) is 13.5. The highest BCUT2D eigenvalue weighted by molar-refractivity contribution is 6.02. The third-order valence-corrected chi connectivity index (χ3v) is 3.27. The smallest absolute Gasteiger partial charge is 0.248 e. The van der Waals surface area contributed by atoms with Gasteiger partial charge in [0.25, 0.3) is 0 Å². The van der Waals surface area contributed by atoms with Gasteiger partial charge in [0.2, 0.25) is 5.91 Å². The molecule has 0 heterocycles. The number of hydrogen-bond donors (Lipinski definition) is 1. The van der Waals surface area contributed by atoms with E-state index in [1.54, 1.807) is 13.2 Å². The summed E-state index contributed by atoms with van der Waals surface area (Å²) in [4.78, 5) is 12.0. The van der Waals surface area contributed by atoms with Crippen molar-refractivity contribution in [3.8, 4) is 5.75 Å². The quantitative estimate of drug-likeness (QED) is 0.861. The van der Waals surface area contributed by atoms with Gasteiger partial charge in [0.1, 0.15) is 5.75 Å². The van der Waals surface area contributed by atoms with E-state index in [-0.39, 0.29) is 5.91 Å². The van der Waals surface area contributed by atoms with Crippen LogP contribution < -0.4 is 10.1 Å². The van der Waals surface area contributed by atoms with Crippen molar-refractivity contribution in [1.82, 2.24) is 0 Å². The summed E-state index contributed by atoms with van der Waals surface area (Å²) in [5.41, 5.74) is 3.94. The minimum absolute atomic E-state index is 0.136. The summed E-state index contributed by atoms with van der Waals surface area (Å²) < 4.78 is 5.10. The fourth-order valence-corrected chi connectivity index (χ4v) is 2.06. The number of amides is 1. The van der Waals surface area contributed by atoms with E-state index in [2.05, 4.69) is 5.32 Å². The van der Waals surface area contributed by atoms with Crippen molar-refractivity contribution in [3.63, 3.8) is 0 Å². The number of nitrogens with one attached hydrogen (secondary N) is 1. The number of carbonyl (C=O) groups is 1. The largest absolute Gasteiger partial charge is 0.497 e. The van der Waals surface area contributed by atoms with E-state index in [0.717, 1.165) is 28.1 Å². The summed E-state index contributed by atoms with van der Waals surface area (Å²) in [5.74, 6) is 0.662. The molecule has 2 aromatic rings. The normalized spacial score (nSPS) is 10.6. The molecule has 0 aliphatic carbocycles. The molecule has 3 nitrogen and oxygen atoms in total. The number of rotatable bonds is 4. The molecule has 1 amide bonds. The first-order chi connectivity index (χ1) is 10.1. The zero-order valence-corrected chi connectivity index (χ0v) is 12.5. The minimum Gasteiger partial charge on any atom is -0.497 e. The molecule has 0 atom stereocenters. The van der Waals surface area contributed by atoms with Crippen LogP contribution in [0.15, 0.2) is 48.5 Å². The van der Waals surface area contributed by atoms with Crippen LogP contribution in [0.2, 0.25) is 0 Å². The maximum atomic E-state index is 12.0. The van der Waals surface area contributed by atoms with Crippen LogP contribution in [0.25, 0.3) is 6.08 Å². The first-order valence-corrected chi connectivity index (χ1v) is 6.79. The number of ether oxygens (including phenoxy) is 1. The lowest BCUT2D eigenvalue weighted by Gasteiger charge is -2.09. The maximum absolute atomic E-state index is 12.0. The molecular formula is C18H19NO2. The average Bonchev–Trinajstić information content (AvgIpc) is 2.49. The summed E-state index contributed by atoms with van der Waals surface area (Å²) in [6.45, 7) is 3.96. The molecule has 1 N–H and O–H groups in total. The number of aryl methyl sites for hydroxylation is 2. The fourth-order valence-electron chi connectivity index (χ4n) is 2.06. The average molecular weight is 281 g/mol. The van der Waals surface area contributed by atoms with Crippen LogP contribution >= 0.6 is 0 Å². The second-order valence-electron chi connectivity index (χ2n) is 4.86. The van der Waals surface area contributed by atoms with Crippen LogP contribution in [0.1, 0.15) is 16.7 Å². The van der Waals surface area contributed by atoms with Gasteiger partial charge in [-0.15, -0.1) is 0 Å². The van der Waals surface area contributed by atoms with Gasteiger partial charge < -0.3 is 10.1 Å². The summed E-state index contributed by atoms with van der Waals surface area (Å²) in [5, 5.41) is 2.92. The molecule has 2 aromatic carbocycles. The van der Waals surface area contributed by atoms with Crippen molar-refractivity contribution in [2.45, 2.75) is 13.8 Å². The molecule has 2 rings (SSSR count). The molecule has 0 fully saturated rings. The van der Waals surface area contributed by atoms with Gasteiger partial charge in [-0.2, -0.15) is 0 Å². The Balaban J connectivity index is 2.05. The Bertz CT molecular complexity index is 637. The topological polar surface area (TPSA) is 38.3 Å². The van der Waals surface area contributed by atoms with Gasteiger partial charge in [0, 0.05) is 11.8 Å². The molecule has 0 radical (unpaired) electrons. The Labute approximate surface area is 125 Å². The highest BCUT2D eigenvalue weighted by Crippen LogP contribution is 2.19.